The first-order valence-electron chi connectivity index (χ1n) is 6.75. The number of carboxylic acid groups (broad SMARTS) is 1. The second-order valence-corrected chi connectivity index (χ2v) is 4.35. The molecule has 1 rings (SSSR count). The molecule has 22 heavy (non-hydrogen) atoms. The Morgan fingerprint density at radius 1 is 1.00 bits per heavy atom. The van der Waals surface area contributed by atoms with Crippen molar-refractivity contribution >= 4 is 17.7 Å². The number of rotatable bonds is 9. The van der Waals surface area contributed by atoms with E-state index < -0.39 is 12.0 Å². The molecule has 0 aliphatic rings. The molecule has 0 saturated heterocycles. The number of amides is 2. The maximum absolute atomic E-state index is 11.4. The molecule has 4 N–H and O–H groups in total. The number of ether oxygens (including phenoxy) is 2. The van der Waals surface area contributed by atoms with Crippen molar-refractivity contribution in [3.8, 4) is 11.5 Å². The molecule has 0 aliphatic carbocycles. The topological polar surface area (TPSA) is 109 Å². The van der Waals surface area contributed by atoms with Crippen molar-refractivity contribution in [1.82, 2.24) is 10.6 Å². The first kappa shape index (κ1) is 17.4. The summed E-state index contributed by atoms with van der Waals surface area (Å²) in [6.07, 6.45) is -0.102. The molecule has 122 valence electrons. The lowest BCUT2D eigenvalue weighted by molar-refractivity contribution is -0.136. The molecule has 8 nitrogen and oxygen atoms in total. The monoisotopic (exact) mass is 311 g/mol. The van der Waals surface area contributed by atoms with E-state index in [1.54, 1.807) is 20.3 Å². The molecule has 0 bridgehead atoms. The van der Waals surface area contributed by atoms with Gasteiger partial charge in [0.15, 0.2) is 0 Å². The molecule has 0 radical (unpaired) electrons. The van der Waals surface area contributed by atoms with E-state index in [1.165, 1.54) is 0 Å². The molecule has 1 aromatic rings. The first-order chi connectivity index (χ1) is 10.5. The minimum atomic E-state index is -0.950. The summed E-state index contributed by atoms with van der Waals surface area (Å²) in [5.74, 6) is 0.386. The lowest BCUT2D eigenvalue weighted by Crippen LogP contribution is -2.38. The third kappa shape index (κ3) is 6.69. The van der Waals surface area contributed by atoms with Gasteiger partial charge in [0.25, 0.3) is 0 Å². The summed E-state index contributed by atoms with van der Waals surface area (Å²) in [6.45, 7) is 0.989. The highest BCUT2D eigenvalue weighted by Crippen LogP contribution is 2.25. The van der Waals surface area contributed by atoms with Crippen molar-refractivity contribution in [3.63, 3.8) is 0 Å². The largest absolute Gasteiger partial charge is 0.497 e. The van der Waals surface area contributed by atoms with Crippen LogP contribution < -0.4 is 25.4 Å². The molecule has 0 atom stereocenters. The number of benzene rings is 1. The minimum Gasteiger partial charge on any atom is -0.497 e. The highest BCUT2D eigenvalue weighted by atomic mass is 16.5. The molecule has 1 aromatic carbocycles. The Bertz CT molecular complexity index is 485. The summed E-state index contributed by atoms with van der Waals surface area (Å²) in [7, 11) is 3.14. The van der Waals surface area contributed by atoms with Gasteiger partial charge in [0, 0.05) is 43.5 Å². The first-order valence-corrected chi connectivity index (χ1v) is 6.75. The van der Waals surface area contributed by atoms with Gasteiger partial charge in [-0.05, 0) is 0 Å². The van der Waals surface area contributed by atoms with Crippen LogP contribution in [0.4, 0.5) is 10.5 Å². The number of methoxy groups -OCH3 is 2. The molecule has 0 spiro atoms. The predicted molar refractivity (Wildman–Crippen MR) is 81.7 cm³/mol. The molecule has 0 fully saturated rings. The molecular formula is C14H21N3O5. The van der Waals surface area contributed by atoms with Gasteiger partial charge < -0.3 is 30.5 Å². The Hall–Kier alpha value is -2.64. The van der Waals surface area contributed by atoms with Gasteiger partial charge in [-0.25, -0.2) is 4.79 Å². The number of nitrogens with one attached hydrogen (secondary N) is 3. The van der Waals surface area contributed by atoms with Gasteiger partial charge in [0.2, 0.25) is 0 Å². The molecule has 0 aliphatic heterocycles. The second-order valence-electron chi connectivity index (χ2n) is 4.35. The van der Waals surface area contributed by atoms with Crippen LogP contribution in [-0.4, -0.2) is 51.0 Å². The molecule has 0 saturated carbocycles. The van der Waals surface area contributed by atoms with Crippen molar-refractivity contribution in [1.29, 1.82) is 0 Å². The zero-order valence-electron chi connectivity index (χ0n) is 12.6. The zero-order chi connectivity index (χ0) is 16.4. The fourth-order valence-corrected chi connectivity index (χ4v) is 1.64. The number of urea groups is 1. The Morgan fingerprint density at radius 3 is 2.14 bits per heavy atom. The summed E-state index contributed by atoms with van der Waals surface area (Å²) < 4.78 is 10.3. The van der Waals surface area contributed by atoms with Crippen LogP contribution in [0.3, 0.4) is 0 Å². The number of carboxylic acids is 1. The van der Waals surface area contributed by atoms with E-state index in [1.807, 2.05) is 12.1 Å². The number of aliphatic carboxylic acids is 1. The summed E-state index contributed by atoms with van der Waals surface area (Å²) in [4.78, 5) is 21.7. The van der Waals surface area contributed by atoms with Crippen LogP contribution in [0.1, 0.15) is 6.42 Å². The van der Waals surface area contributed by atoms with Crippen molar-refractivity contribution in [2.45, 2.75) is 6.42 Å². The summed E-state index contributed by atoms with van der Waals surface area (Å²) >= 11 is 0. The van der Waals surface area contributed by atoms with Gasteiger partial charge in [-0.3, -0.25) is 4.79 Å². The van der Waals surface area contributed by atoms with Crippen LogP contribution in [0.15, 0.2) is 18.2 Å². The minimum absolute atomic E-state index is 0.0989. The number of hydrogen-bond donors (Lipinski definition) is 4. The van der Waals surface area contributed by atoms with Crippen LogP contribution in [-0.2, 0) is 4.79 Å². The van der Waals surface area contributed by atoms with Crippen molar-refractivity contribution in [2.24, 2.45) is 0 Å². The fraction of sp³-hybridized carbons (Fsp3) is 0.429. The van der Waals surface area contributed by atoms with E-state index in [9.17, 15) is 9.59 Å². The van der Waals surface area contributed by atoms with E-state index in [4.69, 9.17) is 14.6 Å². The van der Waals surface area contributed by atoms with Gasteiger partial charge in [-0.2, -0.15) is 0 Å². The molecule has 0 aromatic heterocycles. The maximum atomic E-state index is 11.4. The highest BCUT2D eigenvalue weighted by molar-refractivity contribution is 5.75. The van der Waals surface area contributed by atoms with Gasteiger partial charge in [0.05, 0.1) is 20.6 Å². The number of hydrogen-bond acceptors (Lipinski definition) is 5. The van der Waals surface area contributed by atoms with Crippen LogP contribution in [0, 0.1) is 0 Å². The van der Waals surface area contributed by atoms with E-state index in [0.29, 0.717) is 24.6 Å². The van der Waals surface area contributed by atoms with Crippen LogP contribution in [0.25, 0.3) is 0 Å². The van der Waals surface area contributed by atoms with Gasteiger partial charge in [-0.1, -0.05) is 0 Å². The van der Waals surface area contributed by atoms with Crippen LogP contribution >= 0.6 is 0 Å². The van der Waals surface area contributed by atoms with Crippen molar-refractivity contribution in [3.05, 3.63) is 18.2 Å². The van der Waals surface area contributed by atoms with E-state index in [0.717, 1.165) is 5.69 Å². The average Bonchev–Trinajstić information content (AvgIpc) is 2.50. The SMILES string of the molecule is COc1cc(NCCNC(=O)NCCC(=O)O)cc(OC)c1. The van der Waals surface area contributed by atoms with Gasteiger partial charge in [0.1, 0.15) is 11.5 Å². The van der Waals surface area contributed by atoms with Gasteiger partial charge in [-0.15, -0.1) is 0 Å². The summed E-state index contributed by atoms with van der Waals surface area (Å²) in [5, 5.41) is 16.6. The van der Waals surface area contributed by atoms with Crippen molar-refractivity contribution in [2.75, 3.05) is 39.2 Å². The molecule has 0 unspecified atom stereocenters. The van der Waals surface area contributed by atoms with Crippen LogP contribution in [0.2, 0.25) is 0 Å². The predicted octanol–water partition coefficient (Wildman–Crippen LogP) is 0.890. The Balaban J connectivity index is 2.29. The Labute approximate surface area is 128 Å². The summed E-state index contributed by atoms with van der Waals surface area (Å²) in [6, 6.07) is 5.00. The Kier molecular flexibility index (Phi) is 7.38. The average molecular weight is 311 g/mol. The number of carbonyl (C=O) groups is 2. The Morgan fingerprint density at radius 2 is 1.59 bits per heavy atom. The molecule has 0 heterocycles. The zero-order valence-corrected chi connectivity index (χ0v) is 12.6. The van der Waals surface area contributed by atoms with E-state index >= 15 is 0 Å². The molecule has 8 heteroatoms. The van der Waals surface area contributed by atoms with Gasteiger partial charge >= 0.3 is 12.0 Å². The smallest absolute Gasteiger partial charge is 0.314 e. The third-order valence-electron chi connectivity index (χ3n) is 2.72. The van der Waals surface area contributed by atoms with Crippen LogP contribution in [0.5, 0.6) is 11.5 Å². The second kappa shape index (κ2) is 9.32. The molecular weight excluding hydrogens is 290 g/mol. The number of carbonyl (C=O) groups excluding carboxylic acids is 1. The molecule has 2 amide bonds. The van der Waals surface area contributed by atoms with E-state index in [-0.39, 0.29) is 13.0 Å². The quantitative estimate of drug-likeness (QED) is 0.504. The van der Waals surface area contributed by atoms with Crippen molar-refractivity contribution < 1.29 is 24.2 Å². The normalized spacial score (nSPS) is 9.73. The number of anilines is 1. The maximum Gasteiger partial charge on any atom is 0.314 e. The summed E-state index contributed by atoms with van der Waals surface area (Å²) in [5.41, 5.74) is 0.810. The lowest BCUT2D eigenvalue weighted by atomic mass is 10.2. The fourth-order valence-electron chi connectivity index (χ4n) is 1.64. The van der Waals surface area contributed by atoms with E-state index in [2.05, 4.69) is 16.0 Å². The third-order valence-corrected chi connectivity index (χ3v) is 2.72. The lowest BCUT2D eigenvalue weighted by Gasteiger charge is -2.11. The highest BCUT2D eigenvalue weighted by Gasteiger charge is 2.03. The standard InChI is InChI=1S/C14H21N3O5/c1-21-11-7-10(8-12(9-11)22-2)15-5-6-17-14(20)16-4-3-13(18)19/h7-9,15H,3-6H2,1-2H3,(H,18,19)(H2,16,17,20).